The zero-order valence-corrected chi connectivity index (χ0v) is 18.9. The van der Waals surface area contributed by atoms with Crippen LogP contribution < -0.4 is 4.74 Å². The van der Waals surface area contributed by atoms with Crippen LogP contribution in [0.5, 0.6) is 5.75 Å². The summed E-state index contributed by atoms with van der Waals surface area (Å²) in [5.41, 5.74) is 1.71. The van der Waals surface area contributed by atoms with E-state index in [1.165, 1.54) is 74.6 Å². The van der Waals surface area contributed by atoms with Crippen LogP contribution in [0.2, 0.25) is 0 Å². The van der Waals surface area contributed by atoms with Gasteiger partial charge in [-0.15, -0.1) is 11.3 Å². The number of carbonyl (C=O) groups is 1. The Morgan fingerprint density at radius 3 is 2.27 bits per heavy atom. The molecule has 1 atom stereocenters. The number of hydrogen-bond acceptors (Lipinski definition) is 3. The van der Waals surface area contributed by atoms with E-state index in [0.717, 1.165) is 18.1 Å². The lowest BCUT2D eigenvalue weighted by Crippen LogP contribution is -2.22. The number of aromatic carboxylic acids is 1. The Hall–Kier alpha value is -1.81. The lowest BCUT2D eigenvalue weighted by atomic mass is 9.81. The number of thiophene rings is 1. The Balaban J connectivity index is 1.63. The molecule has 0 bridgehead atoms. The smallest absolute Gasteiger partial charge is 0.335 e. The molecule has 1 heterocycles. The summed E-state index contributed by atoms with van der Waals surface area (Å²) in [6, 6.07) is 9.41. The number of aryl methyl sites for hydroxylation is 1. The van der Waals surface area contributed by atoms with E-state index in [1.54, 1.807) is 17.0 Å². The maximum absolute atomic E-state index is 11.2. The second-order valence-corrected chi connectivity index (χ2v) is 10.2. The minimum absolute atomic E-state index is 0.0736. The Kier molecular flexibility index (Phi) is 7.14. The van der Waals surface area contributed by atoms with Gasteiger partial charge in [-0.2, -0.15) is 0 Å². The maximum atomic E-state index is 11.2. The van der Waals surface area contributed by atoms with Gasteiger partial charge in [0.1, 0.15) is 11.9 Å². The minimum Gasteiger partial charge on any atom is -0.485 e. The van der Waals surface area contributed by atoms with Crippen molar-refractivity contribution in [2.24, 2.45) is 5.92 Å². The fourth-order valence-corrected chi connectivity index (χ4v) is 6.55. The van der Waals surface area contributed by atoms with Crippen LogP contribution in [0.25, 0.3) is 0 Å². The van der Waals surface area contributed by atoms with Gasteiger partial charge in [-0.3, -0.25) is 0 Å². The molecule has 2 saturated carbocycles. The van der Waals surface area contributed by atoms with E-state index in [9.17, 15) is 9.90 Å². The van der Waals surface area contributed by atoms with Crippen LogP contribution in [-0.2, 0) is 6.42 Å². The number of carboxylic acids is 1. The minimum atomic E-state index is -0.895. The predicted molar refractivity (Wildman–Crippen MR) is 123 cm³/mol. The third-order valence-electron chi connectivity index (χ3n) is 6.94. The highest BCUT2D eigenvalue weighted by molar-refractivity contribution is 7.12. The van der Waals surface area contributed by atoms with Gasteiger partial charge < -0.3 is 9.84 Å². The predicted octanol–water partition coefficient (Wildman–Crippen LogP) is 7.76. The summed E-state index contributed by atoms with van der Waals surface area (Å²) in [6.07, 6.45) is 14.2. The summed E-state index contributed by atoms with van der Waals surface area (Å²) in [7, 11) is 0. The molecule has 2 fully saturated rings. The molecule has 0 saturated heterocycles. The highest BCUT2D eigenvalue weighted by Crippen LogP contribution is 2.44. The van der Waals surface area contributed by atoms with Crippen molar-refractivity contribution in [1.82, 2.24) is 0 Å². The van der Waals surface area contributed by atoms with Crippen LogP contribution in [0.1, 0.15) is 109 Å². The van der Waals surface area contributed by atoms with Gasteiger partial charge in [-0.25, -0.2) is 4.79 Å². The summed E-state index contributed by atoms with van der Waals surface area (Å²) in [5.74, 6) is 1.15. The maximum Gasteiger partial charge on any atom is 0.335 e. The van der Waals surface area contributed by atoms with Crippen LogP contribution >= 0.6 is 11.3 Å². The SMILES string of the molecule is CCc1sc(C2CCCCC2)cc1C(Oc1ccc(C(=O)O)cc1)C1CCCCC1. The molecule has 162 valence electrons. The number of carboxylic acid groups (broad SMARTS) is 1. The van der Waals surface area contributed by atoms with E-state index in [0.29, 0.717) is 11.5 Å². The van der Waals surface area contributed by atoms with Gasteiger partial charge in [-0.1, -0.05) is 45.4 Å². The Morgan fingerprint density at radius 2 is 1.67 bits per heavy atom. The fraction of sp³-hybridized carbons (Fsp3) is 0.577. The van der Waals surface area contributed by atoms with Crippen molar-refractivity contribution in [2.45, 2.75) is 89.6 Å². The highest BCUT2D eigenvalue weighted by atomic mass is 32.1. The zero-order chi connectivity index (χ0) is 20.9. The molecule has 0 spiro atoms. The molecule has 1 unspecified atom stereocenters. The number of ether oxygens (including phenoxy) is 1. The van der Waals surface area contributed by atoms with E-state index < -0.39 is 5.97 Å². The quantitative estimate of drug-likeness (QED) is 0.492. The monoisotopic (exact) mass is 426 g/mol. The van der Waals surface area contributed by atoms with Crippen molar-refractivity contribution in [3.63, 3.8) is 0 Å². The highest BCUT2D eigenvalue weighted by Gasteiger charge is 2.31. The molecule has 3 nitrogen and oxygen atoms in total. The molecule has 1 aromatic carbocycles. The summed E-state index contributed by atoms with van der Waals surface area (Å²) in [6.45, 7) is 2.26. The number of benzene rings is 1. The molecule has 4 rings (SSSR count). The number of rotatable bonds is 7. The van der Waals surface area contributed by atoms with E-state index in [-0.39, 0.29) is 6.10 Å². The van der Waals surface area contributed by atoms with E-state index in [2.05, 4.69) is 13.0 Å². The van der Waals surface area contributed by atoms with E-state index in [4.69, 9.17) is 4.74 Å². The Morgan fingerprint density at radius 1 is 1.03 bits per heavy atom. The van der Waals surface area contributed by atoms with Crippen molar-refractivity contribution in [2.75, 3.05) is 0 Å². The van der Waals surface area contributed by atoms with E-state index >= 15 is 0 Å². The van der Waals surface area contributed by atoms with Crippen LogP contribution in [0, 0.1) is 5.92 Å². The summed E-state index contributed by atoms with van der Waals surface area (Å²) >= 11 is 2.02. The molecule has 0 radical (unpaired) electrons. The molecule has 4 heteroatoms. The van der Waals surface area contributed by atoms with Crippen LogP contribution in [0.15, 0.2) is 30.3 Å². The average molecular weight is 427 g/mol. The van der Waals surface area contributed by atoms with Crippen molar-refractivity contribution in [3.8, 4) is 5.75 Å². The van der Waals surface area contributed by atoms with Gasteiger partial charge in [-0.05, 0) is 68.4 Å². The Bertz CT molecular complexity index is 826. The standard InChI is InChI=1S/C26H34O3S/c1-2-23-22(17-24(30-23)18-9-5-3-6-10-18)25(19-11-7-4-8-12-19)29-21-15-13-20(14-16-21)26(27)28/h13-19,25H,2-12H2,1H3,(H,27,28). The lowest BCUT2D eigenvalue weighted by Gasteiger charge is -2.31. The molecule has 30 heavy (non-hydrogen) atoms. The first kappa shape index (κ1) is 21.4. The van der Waals surface area contributed by atoms with Gasteiger partial charge in [0.2, 0.25) is 0 Å². The topological polar surface area (TPSA) is 46.5 Å². The Labute approximate surface area is 184 Å². The van der Waals surface area contributed by atoms with Crippen molar-refractivity contribution < 1.29 is 14.6 Å². The van der Waals surface area contributed by atoms with Crippen molar-refractivity contribution >= 4 is 17.3 Å². The molecule has 1 aromatic heterocycles. The molecular weight excluding hydrogens is 392 g/mol. The van der Waals surface area contributed by atoms with Gasteiger partial charge in [0.25, 0.3) is 0 Å². The van der Waals surface area contributed by atoms with Gasteiger partial charge in [0.15, 0.2) is 0 Å². The third-order valence-corrected chi connectivity index (χ3v) is 8.40. The van der Waals surface area contributed by atoms with Crippen LogP contribution in [0.3, 0.4) is 0 Å². The van der Waals surface area contributed by atoms with Gasteiger partial charge >= 0.3 is 5.97 Å². The third kappa shape index (κ3) is 4.91. The fourth-order valence-electron chi connectivity index (χ4n) is 5.24. The second kappa shape index (κ2) is 10.00. The van der Waals surface area contributed by atoms with E-state index in [1.807, 2.05) is 23.5 Å². The number of hydrogen-bond donors (Lipinski definition) is 1. The first-order valence-electron chi connectivity index (χ1n) is 11.8. The molecule has 2 aliphatic rings. The van der Waals surface area contributed by atoms with Crippen LogP contribution in [-0.4, -0.2) is 11.1 Å². The lowest BCUT2D eigenvalue weighted by molar-refractivity contribution is 0.0696. The zero-order valence-electron chi connectivity index (χ0n) is 18.1. The summed E-state index contributed by atoms with van der Waals surface area (Å²) < 4.78 is 6.63. The van der Waals surface area contributed by atoms with Gasteiger partial charge in [0.05, 0.1) is 5.56 Å². The first-order chi connectivity index (χ1) is 14.7. The second-order valence-electron chi connectivity index (χ2n) is 8.98. The normalized spacial score (nSPS) is 19.5. The first-order valence-corrected chi connectivity index (χ1v) is 12.6. The molecule has 1 N–H and O–H groups in total. The van der Waals surface area contributed by atoms with Crippen LogP contribution in [0.4, 0.5) is 0 Å². The molecule has 0 aliphatic heterocycles. The average Bonchev–Trinajstić information content (AvgIpc) is 3.23. The largest absolute Gasteiger partial charge is 0.485 e. The molecule has 0 amide bonds. The molecular formula is C26H34O3S. The summed E-state index contributed by atoms with van der Waals surface area (Å²) in [5, 5.41) is 9.19. The molecule has 2 aliphatic carbocycles. The summed E-state index contributed by atoms with van der Waals surface area (Å²) in [4.78, 5) is 14.2. The van der Waals surface area contributed by atoms with Crippen molar-refractivity contribution in [3.05, 3.63) is 51.2 Å². The van der Waals surface area contributed by atoms with Crippen molar-refractivity contribution in [1.29, 1.82) is 0 Å². The van der Waals surface area contributed by atoms with Gasteiger partial charge in [0, 0.05) is 21.2 Å². The molecule has 2 aromatic rings.